The number of nitrogens with zero attached hydrogens (tertiary/aromatic N) is 1. The molecule has 0 amide bonds. The lowest BCUT2D eigenvalue weighted by Gasteiger charge is -2.08. The van der Waals surface area contributed by atoms with Gasteiger partial charge >= 0.3 is 0 Å². The van der Waals surface area contributed by atoms with Crippen LogP contribution in [0.25, 0.3) is 22.4 Å². The zero-order valence-electron chi connectivity index (χ0n) is 10.7. The molecule has 3 nitrogen and oxygen atoms in total. The van der Waals surface area contributed by atoms with Crippen molar-refractivity contribution in [3.05, 3.63) is 55.5 Å². The largest absolute Gasteiger partial charge is 0.382 e. The first-order valence-electron chi connectivity index (χ1n) is 6.11. The van der Waals surface area contributed by atoms with E-state index in [2.05, 4.69) is 48.7 Å². The molecule has 0 saturated carbocycles. The first kappa shape index (κ1) is 14.9. The third kappa shape index (κ3) is 2.95. The summed E-state index contributed by atoms with van der Waals surface area (Å²) in [5.41, 5.74) is 9.80. The van der Waals surface area contributed by atoms with E-state index in [4.69, 9.17) is 17.3 Å². The Morgan fingerprint density at radius 1 is 1.19 bits per heavy atom. The van der Waals surface area contributed by atoms with Crippen LogP contribution < -0.4 is 5.73 Å². The van der Waals surface area contributed by atoms with E-state index in [-0.39, 0.29) is 0 Å². The van der Waals surface area contributed by atoms with Crippen LogP contribution in [0.15, 0.2) is 46.9 Å². The summed E-state index contributed by atoms with van der Waals surface area (Å²) in [7, 11) is 0. The van der Waals surface area contributed by atoms with Crippen molar-refractivity contribution in [2.24, 2.45) is 0 Å². The van der Waals surface area contributed by atoms with Crippen molar-refractivity contribution in [3.8, 4) is 22.4 Å². The van der Waals surface area contributed by atoms with Crippen LogP contribution in [-0.2, 0) is 0 Å². The number of halogens is 3. The minimum atomic E-state index is 0.471. The van der Waals surface area contributed by atoms with E-state index < -0.39 is 0 Å². The van der Waals surface area contributed by atoms with Crippen LogP contribution in [0.1, 0.15) is 0 Å². The number of aromatic amines is 1. The highest BCUT2D eigenvalue weighted by Crippen LogP contribution is 2.38. The van der Waals surface area contributed by atoms with E-state index in [1.165, 1.54) is 0 Å². The Bertz CT molecular complexity index is 816. The molecule has 0 fully saturated rings. The summed E-state index contributed by atoms with van der Waals surface area (Å²) in [5, 5.41) is 7.86. The van der Waals surface area contributed by atoms with Gasteiger partial charge in [0.2, 0.25) is 0 Å². The monoisotopic (exact) mass is 473 g/mol. The second-order valence-corrected chi connectivity index (χ2v) is 7.01. The van der Waals surface area contributed by atoms with E-state index in [1.54, 1.807) is 0 Å². The van der Waals surface area contributed by atoms with Gasteiger partial charge in [-0.05, 0) is 58.5 Å². The van der Waals surface area contributed by atoms with Gasteiger partial charge in [-0.3, -0.25) is 5.10 Å². The molecule has 0 saturated heterocycles. The Kier molecular flexibility index (Phi) is 4.24. The van der Waals surface area contributed by atoms with E-state index in [0.717, 1.165) is 30.4 Å². The molecule has 0 unspecified atom stereocenters. The lowest BCUT2D eigenvalue weighted by Crippen LogP contribution is -1.90. The highest BCUT2D eigenvalue weighted by Gasteiger charge is 2.17. The molecule has 0 bridgehead atoms. The number of rotatable bonds is 2. The van der Waals surface area contributed by atoms with Crippen LogP contribution >= 0.6 is 50.1 Å². The molecule has 0 aliphatic carbocycles. The van der Waals surface area contributed by atoms with Crippen molar-refractivity contribution >= 4 is 55.9 Å². The van der Waals surface area contributed by atoms with E-state index in [1.807, 2.05) is 42.5 Å². The fraction of sp³-hybridized carbons (Fsp3) is 0. The molecule has 0 aliphatic heterocycles. The van der Waals surface area contributed by atoms with Crippen LogP contribution in [0, 0.1) is 3.57 Å². The van der Waals surface area contributed by atoms with Gasteiger partial charge in [0.25, 0.3) is 0 Å². The Balaban J connectivity index is 2.24. The zero-order chi connectivity index (χ0) is 15.0. The molecular weight excluding hydrogens is 464 g/mol. The van der Waals surface area contributed by atoms with Gasteiger partial charge in [0, 0.05) is 18.6 Å². The van der Waals surface area contributed by atoms with Crippen LogP contribution in [0.5, 0.6) is 0 Å². The van der Waals surface area contributed by atoms with Gasteiger partial charge < -0.3 is 5.73 Å². The van der Waals surface area contributed by atoms with E-state index in [0.29, 0.717) is 10.8 Å². The Hall–Kier alpha value is -1.05. The SMILES string of the molecule is Nc1n[nH]c(-c2cc(Cl)ccc2I)c1-c1cccc(Br)c1. The molecule has 3 aromatic rings. The number of benzene rings is 2. The molecule has 0 spiro atoms. The minimum absolute atomic E-state index is 0.471. The highest BCUT2D eigenvalue weighted by atomic mass is 127. The smallest absolute Gasteiger partial charge is 0.153 e. The molecule has 106 valence electrons. The predicted octanol–water partition coefficient (Wildman–Crippen LogP) is 5.35. The van der Waals surface area contributed by atoms with Crippen molar-refractivity contribution in [2.45, 2.75) is 0 Å². The lowest BCUT2D eigenvalue weighted by atomic mass is 10.0. The number of nitrogens with two attached hydrogens (primary N) is 1. The summed E-state index contributed by atoms with van der Waals surface area (Å²) in [5.74, 6) is 0.471. The molecule has 0 atom stereocenters. The third-order valence-electron chi connectivity index (χ3n) is 3.11. The van der Waals surface area contributed by atoms with Crippen LogP contribution in [0.4, 0.5) is 5.82 Å². The summed E-state index contributed by atoms with van der Waals surface area (Å²) in [4.78, 5) is 0. The van der Waals surface area contributed by atoms with E-state index in [9.17, 15) is 0 Å². The number of nitrogen functional groups attached to an aromatic ring is 1. The molecule has 6 heteroatoms. The topological polar surface area (TPSA) is 54.7 Å². The first-order valence-corrected chi connectivity index (χ1v) is 8.36. The molecule has 2 aromatic carbocycles. The van der Waals surface area contributed by atoms with Gasteiger partial charge in [0.05, 0.1) is 11.3 Å². The summed E-state index contributed by atoms with van der Waals surface area (Å²) < 4.78 is 2.07. The van der Waals surface area contributed by atoms with E-state index >= 15 is 0 Å². The van der Waals surface area contributed by atoms with Crippen molar-refractivity contribution in [1.29, 1.82) is 0 Å². The van der Waals surface area contributed by atoms with Gasteiger partial charge in [-0.2, -0.15) is 5.10 Å². The molecular formula is C15H10BrClIN3. The molecule has 0 radical (unpaired) electrons. The summed E-state index contributed by atoms with van der Waals surface area (Å²) in [6.07, 6.45) is 0. The molecule has 3 N–H and O–H groups in total. The van der Waals surface area contributed by atoms with Crippen molar-refractivity contribution < 1.29 is 0 Å². The number of H-pyrrole nitrogens is 1. The Labute approximate surface area is 149 Å². The molecule has 1 aromatic heterocycles. The number of aromatic nitrogens is 2. The summed E-state index contributed by atoms with van der Waals surface area (Å²) in [6.45, 7) is 0. The predicted molar refractivity (Wildman–Crippen MR) is 99.3 cm³/mol. The summed E-state index contributed by atoms with van der Waals surface area (Å²) >= 11 is 11.9. The van der Waals surface area contributed by atoms with Crippen molar-refractivity contribution in [3.63, 3.8) is 0 Å². The maximum Gasteiger partial charge on any atom is 0.153 e. The standard InChI is InChI=1S/C15H10BrClIN3/c16-9-3-1-2-8(6-9)13-14(20-21-15(13)19)11-7-10(17)4-5-12(11)18/h1-7H,(H3,19,20,21). The normalized spacial score (nSPS) is 10.8. The fourth-order valence-corrected chi connectivity index (χ4v) is 3.35. The van der Waals surface area contributed by atoms with Crippen molar-refractivity contribution in [2.75, 3.05) is 5.73 Å². The molecule has 1 heterocycles. The average Bonchev–Trinajstić information content (AvgIpc) is 2.83. The van der Waals surface area contributed by atoms with Crippen LogP contribution in [0.2, 0.25) is 5.02 Å². The summed E-state index contributed by atoms with van der Waals surface area (Å²) in [6, 6.07) is 13.7. The van der Waals surface area contributed by atoms with Gasteiger partial charge in [-0.1, -0.05) is 39.7 Å². The van der Waals surface area contributed by atoms with Gasteiger partial charge in [0.1, 0.15) is 0 Å². The van der Waals surface area contributed by atoms with Crippen LogP contribution in [-0.4, -0.2) is 10.2 Å². The quantitative estimate of drug-likeness (QED) is 0.492. The highest BCUT2D eigenvalue weighted by molar-refractivity contribution is 14.1. The Morgan fingerprint density at radius 2 is 2.00 bits per heavy atom. The minimum Gasteiger partial charge on any atom is -0.382 e. The number of hydrogen-bond donors (Lipinski definition) is 2. The maximum absolute atomic E-state index is 6.12. The van der Waals surface area contributed by atoms with Gasteiger partial charge in [0.15, 0.2) is 5.82 Å². The number of hydrogen-bond acceptors (Lipinski definition) is 2. The Morgan fingerprint density at radius 3 is 2.76 bits per heavy atom. The van der Waals surface area contributed by atoms with Gasteiger partial charge in [-0.25, -0.2) is 0 Å². The molecule has 3 rings (SSSR count). The van der Waals surface area contributed by atoms with Crippen molar-refractivity contribution in [1.82, 2.24) is 10.2 Å². The number of anilines is 1. The zero-order valence-corrected chi connectivity index (χ0v) is 15.2. The van der Waals surface area contributed by atoms with Crippen LogP contribution in [0.3, 0.4) is 0 Å². The van der Waals surface area contributed by atoms with Gasteiger partial charge in [-0.15, -0.1) is 0 Å². The average molecular weight is 475 g/mol. The second-order valence-electron chi connectivity index (χ2n) is 4.49. The number of nitrogens with one attached hydrogen (secondary N) is 1. The lowest BCUT2D eigenvalue weighted by molar-refractivity contribution is 1.10. The molecule has 21 heavy (non-hydrogen) atoms. The first-order chi connectivity index (χ1) is 10.1. The maximum atomic E-state index is 6.12. The second kappa shape index (κ2) is 5.98. The third-order valence-corrected chi connectivity index (χ3v) is 4.77. The molecule has 0 aliphatic rings. The fourth-order valence-electron chi connectivity index (χ4n) is 2.18.